The van der Waals surface area contributed by atoms with Crippen LogP contribution in [0.5, 0.6) is 11.5 Å². The maximum atomic E-state index is 13.7. The molecule has 0 saturated carbocycles. The molecule has 0 aliphatic heterocycles. The van der Waals surface area contributed by atoms with E-state index in [1.54, 1.807) is 48.5 Å². The number of nitrogens with zero attached hydrogens (tertiary/aromatic N) is 2. The quantitative estimate of drug-likeness (QED) is 0.204. The SMILES string of the molecule is CCOc1ccc(C(=O)c2ccccc2C(=O)OCc2nc3ccccc3n2C(F)F)cc1OCC. The predicted octanol–water partition coefficient (Wildman–Crippen LogP) is 5.82. The lowest BCUT2D eigenvalue weighted by Gasteiger charge is -2.13. The maximum Gasteiger partial charge on any atom is 0.339 e. The molecule has 4 aromatic rings. The predicted molar refractivity (Wildman–Crippen MR) is 129 cm³/mol. The standard InChI is InChI=1S/C27H24F2N2O5/c1-3-34-22-14-13-17(15-23(22)35-4-2)25(32)18-9-5-6-10-19(18)26(33)36-16-24-30-20-11-7-8-12-21(20)31(24)27(28)29/h5-15,27H,3-4,16H2,1-2H3. The number of ether oxygens (including phenoxy) is 3. The highest BCUT2D eigenvalue weighted by atomic mass is 19.3. The number of fused-ring (bicyclic) bond motifs is 1. The monoisotopic (exact) mass is 494 g/mol. The summed E-state index contributed by atoms with van der Waals surface area (Å²) in [6.45, 7) is 1.12. The van der Waals surface area contributed by atoms with Gasteiger partial charge in [-0.15, -0.1) is 0 Å². The molecule has 0 unspecified atom stereocenters. The number of hydrogen-bond donors (Lipinski definition) is 0. The van der Waals surface area contributed by atoms with Crippen molar-refractivity contribution in [3.05, 3.63) is 89.2 Å². The van der Waals surface area contributed by atoms with Crippen molar-refractivity contribution in [1.82, 2.24) is 9.55 Å². The Kier molecular flexibility index (Phi) is 7.58. The van der Waals surface area contributed by atoms with E-state index in [4.69, 9.17) is 14.2 Å². The number of halogens is 2. The minimum Gasteiger partial charge on any atom is -0.490 e. The largest absolute Gasteiger partial charge is 0.490 e. The lowest BCUT2D eigenvalue weighted by molar-refractivity contribution is 0.0386. The topological polar surface area (TPSA) is 79.7 Å². The molecule has 36 heavy (non-hydrogen) atoms. The van der Waals surface area contributed by atoms with E-state index in [9.17, 15) is 18.4 Å². The van der Waals surface area contributed by atoms with Gasteiger partial charge in [0.1, 0.15) is 6.61 Å². The van der Waals surface area contributed by atoms with Crippen LogP contribution in [0.3, 0.4) is 0 Å². The van der Waals surface area contributed by atoms with E-state index in [2.05, 4.69) is 4.98 Å². The molecule has 186 valence electrons. The van der Waals surface area contributed by atoms with E-state index < -0.39 is 24.9 Å². The normalized spacial score (nSPS) is 11.0. The van der Waals surface area contributed by atoms with Gasteiger partial charge >= 0.3 is 12.5 Å². The number of para-hydroxylation sites is 2. The van der Waals surface area contributed by atoms with Crippen molar-refractivity contribution < 1.29 is 32.6 Å². The Balaban J connectivity index is 1.59. The van der Waals surface area contributed by atoms with Crippen LogP contribution < -0.4 is 9.47 Å². The number of alkyl halides is 2. The first-order chi connectivity index (χ1) is 17.4. The summed E-state index contributed by atoms with van der Waals surface area (Å²) in [5, 5.41) is 0. The number of aromatic nitrogens is 2. The fourth-order valence-corrected chi connectivity index (χ4v) is 3.83. The molecule has 3 aromatic carbocycles. The highest BCUT2D eigenvalue weighted by Gasteiger charge is 2.23. The van der Waals surface area contributed by atoms with Gasteiger partial charge in [0, 0.05) is 11.1 Å². The van der Waals surface area contributed by atoms with Gasteiger partial charge in [0.25, 0.3) is 0 Å². The van der Waals surface area contributed by atoms with Crippen molar-refractivity contribution in [2.45, 2.75) is 27.0 Å². The molecular formula is C27H24F2N2O5. The third-order valence-electron chi connectivity index (χ3n) is 5.39. The Morgan fingerprint density at radius 1 is 0.889 bits per heavy atom. The Labute approximate surface area is 206 Å². The second kappa shape index (κ2) is 11.0. The summed E-state index contributed by atoms with van der Waals surface area (Å²) in [6, 6.07) is 17.4. The average molecular weight is 494 g/mol. The summed E-state index contributed by atoms with van der Waals surface area (Å²) in [4.78, 5) is 30.4. The van der Waals surface area contributed by atoms with Crippen molar-refractivity contribution in [3.8, 4) is 11.5 Å². The van der Waals surface area contributed by atoms with E-state index in [1.807, 2.05) is 13.8 Å². The third kappa shape index (κ3) is 5.05. The van der Waals surface area contributed by atoms with Gasteiger partial charge in [-0.3, -0.25) is 9.36 Å². The zero-order valence-corrected chi connectivity index (χ0v) is 19.7. The minimum absolute atomic E-state index is 0.00838. The summed E-state index contributed by atoms with van der Waals surface area (Å²) < 4.78 is 44.5. The summed E-state index contributed by atoms with van der Waals surface area (Å²) in [5.41, 5.74) is 1.00. The first-order valence-corrected chi connectivity index (χ1v) is 11.4. The van der Waals surface area contributed by atoms with Crippen molar-refractivity contribution in [1.29, 1.82) is 0 Å². The Morgan fingerprint density at radius 2 is 1.56 bits per heavy atom. The van der Waals surface area contributed by atoms with Crippen LogP contribution in [-0.2, 0) is 11.3 Å². The van der Waals surface area contributed by atoms with E-state index in [-0.39, 0.29) is 22.5 Å². The van der Waals surface area contributed by atoms with E-state index in [0.717, 1.165) is 4.57 Å². The molecule has 0 saturated heterocycles. The molecule has 0 aliphatic carbocycles. The Hall–Kier alpha value is -4.27. The van der Waals surface area contributed by atoms with Crippen LogP contribution in [0.1, 0.15) is 52.5 Å². The Bertz CT molecular complexity index is 1400. The molecule has 0 spiro atoms. The van der Waals surface area contributed by atoms with Crippen molar-refractivity contribution >= 4 is 22.8 Å². The first-order valence-electron chi connectivity index (χ1n) is 11.4. The lowest BCUT2D eigenvalue weighted by atomic mass is 9.98. The van der Waals surface area contributed by atoms with Gasteiger partial charge in [-0.2, -0.15) is 8.78 Å². The molecule has 0 fully saturated rings. The van der Waals surface area contributed by atoms with Gasteiger partial charge in [-0.1, -0.05) is 30.3 Å². The first kappa shape index (κ1) is 24.8. The number of esters is 1. The number of benzene rings is 3. The summed E-state index contributed by atoms with van der Waals surface area (Å²) in [7, 11) is 0. The highest BCUT2D eigenvalue weighted by Crippen LogP contribution is 2.30. The van der Waals surface area contributed by atoms with E-state index >= 15 is 0 Å². The van der Waals surface area contributed by atoms with Crippen LogP contribution >= 0.6 is 0 Å². The zero-order valence-electron chi connectivity index (χ0n) is 19.7. The molecule has 0 N–H and O–H groups in total. The molecular weight excluding hydrogens is 470 g/mol. The second-order valence-electron chi connectivity index (χ2n) is 7.64. The molecule has 1 heterocycles. The summed E-state index contributed by atoms with van der Waals surface area (Å²) in [5.74, 6) is -0.438. The van der Waals surface area contributed by atoms with Crippen LogP contribution in [0.15, 0.2) is 66.7 Å². The molecule has 0 amide bonds. The number of rotatable bonds is 10. The molecule has 9 heteroatoms. The number of ketones is 1. The fourth-order valence-electron chi connectivity index (χ4n) is 3.83. The second-order valence-corrected chi connectivity index (χ2v) is 7.64. The summed E-state index contributed by atoms with van der Waals surface area (Å²) in [6.07, 6.45) is 0. The molecule has 0 atom stereocenters. The van der Waals surface area contributed by atoms with Gasteiger partial charge in [0.2, 0.25) is 0 Å². The molecule has 1 aromatic heterocycles. The fraction of sp³-hybridized carbons (Fsp3) is 0.222. The molecule has 0 bridgehead atoms. The van der Waals surface area contributed by atoms with Gasteiger partial charge in [0.15, 0.2) is 23.1 Å². The van der Waals surface area contributed by atoms with Crippen LogP contribution in [0, 0.1) is 0 Å². The van der Waals surface area contributed by atoms with Gasteiger partial charge in [-0.25, -0.2) is 9.78 Å². The van der Waals surface area contributed by atoms with Gasteiger partial charge < -0.3 is 14.2 Å². The van der Waals surface area contributed by atoms with Gasteiger partial charge in [-0.05, 0) is 50.2 Å². The van der Waals surface area contributed by atoms with Crippen molar-refractivity contribution in [3.63, 3.8) is 0 Å². The van der Waals surface area contributed by atoms with Crippen molar-refractivity contribution in [2.24, 2.45) is 0 Å². The zero-order chi connectivity index (χ0) is 25.7. The molecule has 0 radical (unpaired) electrons. The van der Waals surface area contributed by atoms with Crippen LogP contribution in [-0.4, -0.2) is 34.5 Å². The van der Waals surface area contributed by atoms with Crippen LogP contribution in [0.2, 0.25) is 0 Å². The van der Waals surface area contributed by atoms with Gasteiger partial charge in [0.05, 0.1) is 29.8 Å². The molecule has 0 aliphatic rings. The molecule has 4 rings (SSSR count). The van der Waals surface area contributed by atoms with E-state index in [1.165, 1.54) is 18.2 Å². The van der Waals surface area contributed by atoms with E-state index in [0.29, 0.717) is 35.8 Å². The number of hydrogen-bond acceptors (Lipinski definition) is 6. The smallest absolute Gasteiger partial charge is 0.339 e. The number of carbonyl (C=O) groups excluding carboxylic acids is 2. The number of imidazole rings is 1. The molecule has 7 nitrogen and oxygen atoms in total. The summed E-state index contributed by atoms with van der Waals surface area (Å²) >= 11 is 0. The maximum absolute atomic E-state index is 13.7. The Morgan fingerprint density at radius 3 is 2.28 bits per heavy atom. The minimum atomic E-state index is -2.86. The highest BCUT2D eigenvalue weighted by molar-refractivity contribution is 6.14. The van der Waals surface area contributed by atoms with Crippen LogP contribution in [0.4, 0.5) is 8.78 Å². The third-order valence-corrected chi connectivity index (χ3v) is 5.39. The lowest BCUT2D eigenvalue weighted by Crippen LogP contribution is -2.14. The van der Waals surface area contributed by atoms with Crippen LogP contribution in [0.25, 0.3) is 11.0 Å². The van der Waals surface area contributed by atoms with Crippen molar-refractivity contribution in [2.75, 3.05) is 13.2 Å². The number of carbonyl (C=O) groups is 2. The average Bonchev–Trinajstić information content (AvgIpc) is 3.27.